The van der Waals surface area contributed by atoms with Gasteiger partial charge in [-0.05, 0) is 24.7 Å². The molecule has 0 aromatic carbocycles. The molecule has 0 N–H and O–H groups in total. The molecule has 0 aliphatic rings. The van der Waals surface area contributed by atoms with Crippen LogP contribution in [-0.2, 0) is 9.53 Å². The lowest BCUT2D eigenvalue weighted by atomic mass is 9.84. The van der Waals surface area contributed by atoms with Gasteiger partial charge in [0.25, 0.3) is 0 Å². The maximum Gasteiger partial charge on any atom is 0.344 e. The Morgan fingerprint density at radius 1 is 1.33 bits per heavy atom. The van der Waals surface area contributed by atoms with Gasteiger partial charge in [-0.1, -0.05) is 34.6 Å². The van der Waals surface area contributed by atoms with E-state index in [0.29, 0.717) is 6.61 Å². The number of rotatable bonds is 6. The van der Waals surface area contributed by atoms with E-state index in [2.05, 4.69) is 0 Å². The zero-order chi connectivity index (χ0) is 12.1. The lowest BCUT2D eigenvalue weighted by Crippen LogP contribution is -2.42. The number of halogens is 1. The van der Waals surface area contributed by atoms with Crippen LogP contribution in [0.5, 0.6) is 0 Å². The first-order valence-electron chi connectivity index (χ1n) is 5.70. The summed E-state index contributed by atoms with van der Waals surface area (Å²) in [6.45, 7) is 9.44. The molecule has 0 saturated heterocycles. The molecule has 2 nitrogen and oxygen atoms in total. The Labute approximate surface area is 92.2 Å². The van der Waals surface area contributed by atoms with Gasteiger partial charge >= 0.3 is 5.97 Å². The summed E-state index contributed by atoms with van der Waals surface area (Å²) in [5.74, 6) is -0.899. The fourth-order valence-electron chi connectivity index (χ4n) is 1.46. The topological polar surface area (TPSA) is 26.3 Å². The quantitative estimate of drug-likeness (QED) is 0.639. The molecular weight excluding hydrogens is 195 g/mol. The van der Waals surface area contributed by atoms with Crippen LogP contribution in [0.3, 0.4) is 0 Å². The van der Waals surface area contributed by atoms with Gasteiger partial charge in [0.1, 0.15) is 0 Å². The van der Waals surface area contributed by atoms with Gasteiger partial charge in [0.2, 0.25) is 5.67 Å². The van der Waals surface area contributed by atoms with E-state index in [4.69, 9.17) is 4.74 Å². The second-order valence-corrected chi connectivity index (χ2v) is 4.75. The van der Waals surface area contributed by atoms with Crippen LogP contribution in [0.4, 0.5) is 4.39 Å². The van der Waals surface area contributed by atoms with Crippen LogP contribution < -0.4 is 0 Å². The minimum absolute atomic E-state index is 0.145. The van der Waals surface area contributed by atoms with Crippen molar-refractivity contribution < 1.29 is 13.9 Å². The summed E-state index contributed by atoms with van der Waals surface area (Å²) in [5.41, 5.74) is -1.83. The molecule has 0 bridgehead atoms. The average Bonchev–Trinajstić information content (AvgIpc) is 2.12. The van der Waals surface area contributed by atoms with Crippen molar-refractivity contribution in [1.29, 1.82) is 0 Å². The predicted molar refractivity (Wildman–Crippen MR) is 59.4 cm³/mol. The number of ether oxygens (including phenoxy) is 1. The Balaban J connectivity index is 4.55. The van der Waals surface area contributed by atoms with Crippen molar-refractivity contribution in [3.63, 3.8) is 0 Å². The molecule has 0 aliphatic carbocycles. The van der Waals surface area contributed by atoms with E-state index in [1.165, 1.54) is 0 Å². The van der Waals surface area contributed by atoms with Crippen molar-refractivity contribution in [2.24, 2.45) is 11.8 Å². The summed E-state index contributed by atoms with van der Waals surface area (Å²) in [6.07, 6.45) is 0.953. The normalized spacial score (nSPS) is 15.5. The summed E-state index contributed by atoms with van der Waals surface area (Å²) in [6, 6.07) is 0. The molecule has 0 radical (unpaired) electrons. The standard InChI is InChI=1S/C12H23FO2/c1-6-7-15-11(14)12(13,10(4)5)8-9(2)3/h9-10H,6-8H2,1-5H3. The second-order valence-electron chi connectivity index (χ2n) is 4.75. The van der Waals surface area contributed by atoms with E-state index in [-0.39, 0.29) is 18.3 Å². The SMILES string of the molecule is CCCOC(=O)C(F)(CC(C)C)C(C)C. The number of esters is 1. The molecule has 15 heavy (non-hydrogen) atoms. The van der Waals surface area contributed by atoms with Gasteiger partial charge in [0.15, 0.2) is 0 Å². The Morgan fingerprint density at radius 3 is 2.20 bits per heavy atom. The van der Waals surface area contributed by atoms with E-state index in [1.54, 1.807) is 13.8 Å². The Morgan fingerprint density at radius 2 is 1.87 bits per heavy atom. The van der Waals surface area contributed by atoms with Crippen LogP contribution in [0.25, 0.3) is 0 Å². The van der Waals surface area contributed by atoms with Crippen LogP contribution in [-0.4, -0.2) is 18.2 Å². The molecule has 0 aromatic rings. The van der Waals surface area contributed by atoms with Crippen molar-refractivity contribution in [2.75, 3.05) is 6.61 Å². The van der Waals surface area contributed by atoms with Crippen LogP contribution in [0, 0.1) is 11.8 Å². The monoisotopic (exact) mass is 218 g/mol. The van der Waals surface area contributed by atoms with Crippen molar-refractivity contribution in [3.8, 4) is 0 Å². The maximum atomic E-state index is 14.4. The van der Waals surface area contributed by atoms with Gasteiger partial charge in [-0.25, -0.2) is 9.18 Å². The molecule has 90 valence electrons. The highest BCUT2D eigenvalue weighted by atomic mass is 19.1. The summed E-state index contributed by atoms with van der Waals surface area (Å²) in [7, 11) is 0. The van der Waals surface area contributed by atoms with E-state index < -0.39 is 11.6 Å². The Hall–Kier alpha value is -0.600. The number of carbonyl (C=O) groups excluding carboxylic acids is 1. The van der Waals surface area contributed by atoms with Crippen LogP contribution >= 0.6 is 0 Å². The van der Waals surface area contributed by atoms with E-state index >= 15 is 0 Å². The van der Waals surface area contributed by atoms with Gasteiger partial charge in [0.05, 0.1) is 6.61 Å². The minimum Gasteiger partial charge on any atom is -0.463 e. The molecule has 1 atom stereocenters. The molecule has 3 heteroatoms. The zero-order valence-corrected chi connectivity index (χ0v) is 10.5. The smallest absolute Gasteiger partial charge is 0.344 e. The zero-order valence-electron chi connectivity index (χ0n) is 10.5. The van der Waals surface area contributed by atoms with Crippen molar-refractivity contribution in [3.05, 3.63) is 0 Å². The molecule has 0 heterocycles. The Kier molecular flexibility index (Phi) is 5.84. The second kappa shape index (κ2) is 6.09. The van der Waals surface area contributed by atoms with Crippen molar-refractivity contribution in [2.45, 2.75) is 53.1 Å². The third kappa shape index (κ3) is 4.18. The van der Waals surface area contributed by atoms with Gasteiger partial charge in [0, 0.05) is 0 Å². The van der Waals surface area contributed by atoms with Gasteiger partial charge in [-0.15, -0.1) is 0 Å². The molecule has 0 rings (SSSR count). The van der Waals surface area contributed by atoms with Crippen LogP contribution in [0.1, 0.15) is 47.5 Å². The third-order valence-electron chi connectivity index (χ3n) is 2.40. The third-order valence-corrected chi connectivity index (χ3v) is 2.40. The largest absolute Gasteiger partial charge is 0.463 e. The first-order valence-corrected chi connectivity index (χ1v) is 5.70. The maximum absolute atomic E-state index is 14.4. The van der Waals surface area contributed by atoms with Gasteiger partial charge in [-0.2, -0.15) is 0 Å². The molecular formula is C12H23FO2. The van der Waals surface area contributed by atoms with Gasteiger partial charge in [-0.3, -0.25) is 0 Å². The van der Waals surface area contributed by atoms with Crippen molar-refractivity contribution in [1.82, 2.24) is 0 Å². The van der Waals surface area contributed by atoms with Crippen molar-refractivity contribution >= 4 is 5.97 Å². The minimum atomic E-state index is -1.83. The first-order chi connectivity index (χ1) is 6.84. The molecule has 0 fully saturated rings. The number of alkyl halides is 1. The van der Waals surface area contributed by atoms with Crippen LogP contribution in [0.15, 0.2) is 0 Å². The lowest BCUT2D eigenvalue weighted by molar-refractivity contribution is -0.162. The number of hydrogen-bond donors (Lipinski definition) is 0. The van der Waals surface area contributed by atoms with Crippen LogP contribution in [0.2, 0.25) is 0 Å². The molecule has 1 unspecified atom stereocenters. The molecule has 0 amide bonds. The highest BCUT2D eigenvalue weighted by Crippen LogP contribution is 2.31. The molecule has 0 spiro atoms. The van der Waals surface area contributed by atoms with Gasteiger partial charge < -0.3 is 4.74 Å². The Bertz CT molecular complexity index is 202. The summed E-state index contributed by atoms with van der Waals surface area (Å²) in [5, 5.41) is 0. The highest BCUT2D eigenvalue weighted by molar-refractivity contribution is 5.79. The number of carbonyl (C=O) groups is 1. The number of hydrogen-bond acceptors (Lipinski definition) is 2. The fraction of sp³-hybridized carbons (Fsp3) is 0.917. The predicted octanol–water partition coefficient (Wildman–Crippen LogP) is 3.35. The molecule has 0 aliphatic heterocycles. The summed E-state index contributed by atoms with van der Waals surface area (Å²) in [4.78, 5) is 11.6. The van der Waals surface area contributed by atoms with E-state index in [1.807, 2.05) is 20.8 Å². The molecule has 0 aromatic heterocycles. The van der Waals surface area contributed by atoms with E-state index in [0.717, 1.165) is 6.42 Å². The average molecular weight is 218 g/mol. The summed E-state index contributed by atoms with van der Waals surface area (Å²) >= 11 is 0. The highest BCUT2D eigenvalue weighted by Gasteiger charge is 2.43. The fourth-order valence-corrected chi connectivity index (χ4v) is 1.46. The first kappa shape index (κ1) is 14.4. The van der Waals surface area contributed by atoms with E-state index in [9.17, 15) is 9.18 Å². The lowest BCUT2D eigenvalue weighted by Gasteiger charge is -2.28. The molecule has 0 saturated carbocycles. The summed E-state index contributed by atoms with van der Waals surface area (Å²) < 4.78 is 19.3.